The molecule has 3 heteroatoms. The van der Waals surface area contributed by atoms with Crippen molar-refractivity contribution in [3.05, 3.63) is 24.3 Å². The van der Waals surface area contributed by atoms with E-state index in [9.17, 15) is 0 Å². The number of hydrogen-bond acceptors (Lipinski definition) is 3. The van der Waals surface area contributed by atoms with Crippen LogP contribution in [0.3, 0.4) is 0 Å². The van der Waals surface area contributed by atoms with Gasteiger partial charge in [-0.3, -0.25) is 0 Å². The van der Waals surface area contributed by atoms with Crippen molar-refractivity contribution in [2.45, 2.75) is 20.0 Å². The number of hydrogen-bond donors (Lipinski definition) is 1. The molecule has 0 saturated carbocycles. The second-order valence-corrected chi connectivity index (χ2v) is 3.64. The predicted octanol–water partition coefficient (Wildman–Crippen LogP) is 2.08. The van der Waals surface area contributed by atoms with Crippen LogP contribution in [0.1, 0.15) is 13.8 Å². The lowest BCUT2D eigenvalue weighted by molar-refractivity contribution is 0.205. The number of para-hydroxylation sites is 2. The first kappa shape index (κ1) is 13.4. The Morgan fingerprint density at radius 2 is 2.06 bits per heavy atom. The van der Waals surface area contributed by atoms with Crippen molar-refractivity contribution in [1.29, 1.82) is 0 Å². The van der Waals surface area contributed by atoms with Crippen molar-refractivity contribution < 1.29 is 9.47 Å². The summed E-state index contributed by atoms with van der Waals surface area (Å²) in [5.74, 6) is 4.07. The molecule has 0 aliphatic carbocycles. The Bertz CT molecular complexity index is 371. The summed E-state index contributed by atoms with van der Waals surface area (Å²) in [5.41, 5.74) is 0. The van der Waals surface area contributed by atoms with Crippen molar-refractivity contribution in [2.24, 2.45) is 0 Å². The summed E-state index contributed by atoms with van der Waals surface area (Å²) in [6.07, 6.45) is 5.20. The van der Waals surface area contributed by atoms with Gasteiger partial charge in [0.05, 0.1) is 13.2 Å². The summed E-state index contributed by atoms with van der Waals surface area (Å²) in [4.78, 5) is 0. The van der Waals surface area contributed by atoms with Crippen LogP contribution >= 0.6 is 0 Å². The number of ether oxygens (including phenoxy) is 2. The summed E-state index contributed by atoms with van der Waals surface area (Å²) >= 11 is 0. The van der Waals surface area contributed by atoms with E-state index < -0.39 is 0 Å². The van der Waals surface area contributed by atoms with Crippen molar-refractivity contribution in [1.82, 2.24) is 5.32 Å². The quantitative estimate of drug-likeness (QED) is 0.577. The number of rotatable bonds is 7. The van der Waals surface area contributed by atoms with E-state index in [-0.39, 0.29) is 6.10 Å². The van der Waals surface area contributed by atoms with Gasteiger partial charge in [-0.15, -0.1) is 6.42 Å². The maximum absolute atomic E-state index is 5.79. The highest BCUT2D eigenvalue weighted by Gasteiger charge is 2.07. The molecule has 1 unspecified atom stereocenters. The smallest absolute Gasteiger partial charge is 0.161 e. The Kier molecular flexibility index (Phi) is 5.98. The van der Waals surface area contributed by atoms with Gasteiger partial charge in [0.25, 0.3) is 0 Å². The highest BCUT2D eigenvalue weighted by molar-refractivity contribution is 5.39. The van der Waals surface area contributed by atoms with E-state index in [0.29, 0.717) is 19.7 Å². The van der Waals surface area contributed by atoms with Crippen LogP contribution in [0, 0.1) is 12.3 Å². The lowest BCUT2D eigenvalue weighted by atomic mass is 10.3. The highest BCUT2D eigenvalue weighted by atomic mass is 16.5. The molecular weight excluding hydrogens is 214 g/mol. The van der Waals surface area contributed by atoms with Crippen molar-refractivity contribution in [3.8, 4) is 23.8 Å². The molecule has 3 nitrogen and oxygen atoms in total. The number of benzene rings is 1. The molecule has 0 bridgehead atoms. The third-order valence-electron chi connectivity index (χ3n) is 2.14. The van der Waals surface area contributed by atoms with Gasteiger partial charge in [-0.05, 0) is 26.0 Å². The second kappa shape index (κ2) is 7.59. The fourth-order valence-corrected chi connectivity index (χ4v) is 1.43. The van der Waals surface area contributed by atoms with Crippen LogP contribution in [0.2, 0.25) is 0 Å². The SMILES string of the molecule is C#CCNCC(C)Oc1ccccc1OCC. The zero-order valence-electron chi connectivity index (χ0n) is 10.4. The normalized spacial score (nSPS) is 11.6. The molecule has 17 heavy (non-hydrogen) atoms. The first-order valence-corrected chi connectivity index (χ1v) is 5.80. The topological polar surface area (TPSA) is 30.5 Å². The Morgan fingerprint density at radius 1 is 1.35 bits per heavy atom. The molecule has 0 aliphatic heterocycles. The largest absolute Gasteiger partial charge is 0.490 e. The molecule has 0 saturated heterocycles. The first-order valence-electron chi connectivity index (χ1n) is 5.80. The zero-order chi connectivity index (χ0) is 12.5. The number of terminal acetylenes is 1. The summed E-state index contributed by atoms with van der Waals surface area (Å²) in [6, 6.07) is 7.67. The molecule has 1 N–H and O–H groups in total. The third-order valence-corrected chi connectivity index (χ3v) is 2.14. The van der Waals surface area contributed by atoms with Crippen LogP contribution in [-0.2, 0) is 0 Å². The van der Waals surface area contributed by atoms with Gasteiger partial charge >= 0.3 is 0 Å². The van der Waals surface area contributed by atoms with Gasteiger partial charge in [0.2, 0.25) is 0 Å². The Balaban J connectivity index is 2.52. The van der Waals surface area contributed by atoms with Gasteiger partial charge in [-0.1, -0.05) is 18.1 Å². The minimum Gasteiger partial charge on any atom is -0.490 e. The lowest BCUT2D eigenvalue weighted by Crippen LogP contribution is -2.29. The monoisotopic (exact) mass is 233 g/mol. The van der Waals surface area contributed by atoms with Gasteiger partial charge in [0, 0.05) is 6.54 Å². The van der Waals surface area contributed by atoms with Gasteiger partial charge in [-0.2, -0.15) is 0 Å². The molecular formula is C14H19NO2. The van der Waals surface area contributed by atoms with Gasteiger partial charge in [-0.25, -0.2) is 0 Å². The van der Waals surface area contributed by atoms with Crippen LogP contribution in [-0.4, -0.2) is 25.8 Å². The second-order valence-electron chi connectivity index (χ2n) is 3.64. The summed E-state index contributed by atoms with van der Waals surface area (Å²) < 4.78 is 11.3. The molecule has 1 atom stereocenters. The first-order chi connectivity index (χ1) is 8.27. The molecule has 0 radical (unpaired) electrons. The maximum Gasteiger partial charge on any atom is 0.161 e. The molecule has 0 amide bonds. The Morgan fingerprint density at radius 3 is 2.71 bits per heavy atom. The van der Waals surface area contributed by atoms with E-state index in [0.717, 1.165) is 11.5 Å². The molecule has 92 valence electrons. The molecule has 0 spiro atoms. The Labute approximate surface area is 103 Å². The zero-order valence-corrected chi connectivity index (χ0v) is 10.4. The van der Waals surface area contributed by atoms with Crippen LogP contribution in [0.15, 0.2) is 24.3 Å². The van der Waals surface area contributed by atoms with Crippen molar-refractivity contribution >= 4 is 0 Å². The number of nitrogens with one attached hydrogen (secondary N) is 1. The minimum atomic E-state index is 0.0463. The molecule has 1 rings (SSSR count). The average Bonchev–Trinajstić information content (AvgIpc) is 2.32. The van der Waals surface area contributed by atoms with E-state index in [4.69, 9.17) is 15.9 Å². The molecule has 1 aromatic carbocycles. The van der Waals surface area contributed by atoms with E-state index in [1.54, 1.807) is 0 Å². The van der Waals surface area contributed by atoms with Crippen molar-refractivity contribution in [2.75, 3.05) is 19.7 Å². The van der Waals surface area contributed by atoms with E-state index in [1.165, 1.54) is 0 Å². The van der Waals surface area contributed by atoms with Gasteiger partial charge < -0.3 is 14.8 Å². The van der Waals surface area contributed by atoms with Crippen molar-refractivity contribution in [3.63, 3.8) is 0 Å². The highest BCUT2D eigenvalue weighted by Crippen LogP contribution is 2.27. The van der Waals surface area contributed by atoms with Gasteiger partial charge in [0.15, 0.2) is 11.5 Å². The van der Waals surface area contributed by atoms with E-state index in [1.807, 2.05) is 38.1 Å². The standard InChI is InChI=1S/C14H19NO2/c1-4-10-15-11-12(3)17-14-9-7-6-8-13(14)16-5-2/h1,6-9,12,15H,5,10-11H2,2-3H3. The van der Waals surface area contributed by atoms with Gasteiger partial charge in [0.1, 0.15) is 6.10 Å². The molecule has 0 aliphatic rings. The van der Waals surface area contributed by atoms with Crippen LogP contribution in [0.4, 0.5) is 0 Å². The molecule has 0 fully saturated rings. The third kappa shape index (κ3) is 4.80. The summed E-state index contributed by atoms with van der Waals surface area (Å²) in [6.45, 7) is 5.84. The predicted molar refractivity (Wildman–Crippen MR) is 69.4 cm³/mol. The van der Waals surface area contributed by atoms with Crippen LogP contribution in [0.25, 0.3) is 0 Å². The van der Waals surface area contributed by atoms with E-state index in [2.05, 4.69) is 11.2 Å². The summed E-state index contributed by atoms with van der Waals surface area (Å²) in [5, 5.41) is 3.10. The molecule has 0 heterocycles. The van der Waals surface area contributed by atoms with Crippen LogP contribution < -0.4 is 14.8 Å². The van der Waals surface area contributed by atoms with E-state index >= 15 is 0 Å². The Hall–Kier alpha value is -1.66. The summed E-state index contributed by atoms with van der Waals surface area (Å²) in [7, 11) is 0. The lowest BCUT2D eigenvalue weighted by Gasteiger charge is -2.17. The van der Waals surface area contributed by atoms with Crippen LogP contribution in [0.5, 0.6) is 11.5 Å². The molecule has 0 aromatic heterocycles. The molecule has 1 aromatic rings. The minimum absolute atomic E-state index is 0.0463. The maximum atomic E-state index is 5.79. The fraction of sp³-hybridized carbons (Fsp3) is 0.429. The average molecular weight is 233 g/mol. The fourth-order valence-electron chi connectivity index (χ4n) is 1.43.